The van der Waals surface area contributed by atoms with Crippen LogP contribution in [-0.2, 0) is 10.0 Å². The van der Waals surface area contributed by atoms with Crippen LogP contribution in [0.4, 0.5) is 0 Å². The molecule has 112 valence electrons. The minimum absolute atomic E-state index is 0.565. The third kappa shape index (κ3) is 4.73. The summed E-state index contributed by atoms with van der Waals surface area (Å²) in [5.41, 5.74) is 0. The number of rotatable bonds is 5. The van der Waals surface area contributed by atoms with Gasteiger partial charge in [-0.2, -0.15) is 4.31 Å². The zero-order valence-corrected chi connectivity index (χ0v) is 13.9. The first-order valence-corrected chi connectivity index (χ1v) is 9.15. The van der Waals surface area contributed by atoms with Crippen LogP contribution < -0.4 is 4.74 Å². The highest BCUT2D eigenvalue weighted by Crippen LogP contribution is 2.17. The monoisotopic (exact) mass is 362 g/mol. The number of piperazine rings is 1. The fourth-order valence-corrected chi connectivity index (χ4v) is 3.34. The number of hydrogen-bond acceptors (Lipinski definition) is 4. The molecule has 0 spiro atoms. The maximum atomic E-state index is 11.4. The van der Waals surface area contributed by atoms with Gasteiger partial charge in [-0.3, -0.25) is 4.90 Å². The molecule has 1 fully saturated rings. The summed E-state index contributed by atoms with van der Waals surface area (Å²) < 4.78 is 31.0. The van der Waals surface area contributed by atoms with E-state index in [-0.39, 0.29) is 0 Å². The van der Waals surface area contributed by atoms with Crippen molar-refractivity contribution in [1.29, 1.82) is 0 Å². The van der Waals surface area contributed by atoms with Crippen LogP contribution in [0, 0.1) is 0 Å². The van der Waals surface area contributed by atoms with Crippen LogP contribution in [0.3, 0.4) is 0 Å². The minimum Gasteiger partial charge on any atom is -0.492 e. The number of sulfonamides is 1. The molecule has 0 N–H and O–H groups in total. The van der Waals surface area contributed by atoms with Gasteiger partial charge in [0.2, 0.25) is 10.0 Å². The third-order valence-corrected chi connectivity index (χ3v) is 5.07. The van der Waals surface area contributed by atoms with Crippen LogP contribution in [0.15, 0.2) is 28.7 Å². The summed E-state index contributed by atoms with van der Waals surface area (Å²) in [5.74, 6) is 0.842. The Morgan fingerprint density at radius 1 is 1.25 bits per heavy atom. The molecular weight excluding hydrogens is 344 g/mol. The number of nitrogens with zero attached hydrogens (tertiary/aromatic N) is 2. The van der Waals surface area contributed by atoms with Crippen LogP contribution in [0.2, 0.25) is 0 Å². The van der Waals surface area contributed by atoms with Crippen LogP contribution in [-0.4, -0.2) is 63.2 Å². The van der Waals surface area contributed by atoms with E-state index in [1.54, 1.807) is 0 Å². The number of halogens is 1. The Bertz CT molecular complexity index is 542. The van der Waals surface area contributed by atoms with Gasteiger partial charge < -0.3 is 4.74 Å². The Morgan fingerprint density at radius 3 is 2.55 bits per heavy atom. The Kier molecular flexibility index (Phi) is 5.42. The van der Waals surface area contributed by atoms with Crippen LogP contribution in [0.1, 0.15) is 0 Å². The predicted octanol–water partition coefficient (Wildman–Crippen LogP) is 1.41. The molecule has 0 amide bonds. The lowest BCUT2D eigenvalue weighted by Crippen LogP contribution is -2.49. The van der Waals surface area contributed by atoms with Gasteiger partial charge in [-0.25, -0.2) is 8.42 Å². The molecule has 0 aliphatic carbocycles. The van der Waals surface area contributed by atoms with E-state index in [9.17, 15) is 8.42 Å². The van der Waals surface area contributed by atoms with Crippen molar-refractivity contribution in [3.05, 3.63) is 28.7 Å². The molecule has 0 radical (unpaired) electrons. The molecule has 0 aromatic heterocycles. The number of hydrogen-bond donors (Lipinski definition) is 0. The summed E-state index contributed by atoms with van der Waals surface area (Å²) in [6.07, 6.45) is 1.26. The molecule has 1 aromatic carbocycles. The van der Waals surface area contributed by atoms with E-state index in [0.29, 0.717) is 19.7 Å². The highest BCUT2D eigenvalue weighted by molar-refractivity contribution is 9.10. The molecule has 0 atom stereocenters. The molecule has 20 heavy (non-hydrogen) atoms. The molecule has 1 aromatic rings. The molecule has 0 saturated carbocycles. The Balaban J connectivity index is 1.71. The van der Waals surface area contributed by atoms with Crippen LogP contribution in [0.5, 0.6) is 5.75 Å². The van der Waals surface area contributed by atoms with E-state index < -0.39 is 10.0 Å². The van der Waals surface area contributed by atoms with Crippen molar-refractivity contribution in [2.75, 3.05) is 45.6 Å². The number of benzene rings is 1. The highest BCUT2D eigenvalue weighted by atomic mass is 79.9. The molecule has 0 unspecified atom stereocenters. The van der Waals surface area contributed by atoms with Crippen molar-refractivity contribution in [3.8, 4) is 5.75 Å². The summed E-state index contributed by atoms with van der Waals surface area (Å²) in [6, 6.07) is 7.75. The maximum Gasteiger partial charge on any atom is 0.211 e. The highest BCUT2D eigenvalue weighted by Gasteiger charge is 2.22. The van der Waals surface area contributed by atoms with E-state index in [1.165, 1.54) is 10.6 Å². The van der Waals surface area contributed by atoms with Crippen molar-refractivity contribution >= 4 is 26.0 Å². The fraction of sp³-hybridized carbons (Fsp3) is 0.538. The van der Waals surface area contributed by atoms with Gasteiger partial charge in [0, 0.05) is 37.2 Å². The molecule has 2 rings (SSSR count). The maximum absolute atomic E-state index is 11.4. The summed E-state index contributed by atoms with van der Waals surface area (Å²) in [6.45, 7) is 4.06. The molecule has 1 aliphatic heterocycles. The molecular formula is C13H19BrN2O3S. The topological polar surface area (TPSA) is 49.9 Å². The Morgan fingerprint density at radius 2 is 1.95 bits per heavy atom. The Labute approximate surface area is 128 Å². The fourth-order valence-electron chi connectivity index (χ4n) is 2.13. The second-order valence-electron chi connectivity index (χ2n) is 4.81. The lowest BCUT2D eigenvalue weighted by molar-refractivity contribution is 0.159. The molecule has 0 bridgehead atoms. The van der Waals surface area contributed by atoms with Crippen molar-refractivity contribution in [3.63, 3.8) is 0 Å². The first-order chi connectivity index (χ1) is 9.45. The van der Waals surface area contributed by atoms with E-state index >= 15 is 0 Å². The van der Waals surface area contributed by atoms with E-state index in [1.807, 2.05) is 24.3 Å². The lowest BCUT2D eigenvalue weighted by Gasteiger charge is -2.33. The average Bonchev–Trinajstić information content (AvgIpc) is 2.38. The summed E-state index contributed by atoms with van der Waals surface area (Å²) >= 11 is 3.40. The van der Waals surface area contributed by atoms with Gasteiger partial charge >= 0.3 is 0 Å². The van der Waals surface area contributed by atoms with Gasteiger partial charge in [-0.05, 0) is 18.2 Å². The van der Waals surface area contributed by atoms with Gasteiger partial charge in [-0.1, -0.05) is 22.0 Å². The summed E-state index contributed by atoms with van der Waals surface area (Å²) in [4.78, 5) is 2.22. The van der Waals surface area contributed by atoms with Crippen molar-refractivity contribution < 1.29 is 13.2 Å². The molecule has 1 heterocycles. The Hall–Kier alpha value is -0.630. The first kappa shape index (κ1) is 15.8. The molecule has 7 heteroatoms. The molecule has 1 aliphatic rings. The quantitative estimate of drug-likeness (QED) is 0.794. The van der Waals surface area contributed by atoms with Gasteiger partial charge in [0.05, 0.1) is 6.26 Å². The van der Waals surface area contributed by atoms with Crippen LogP contribution in [0.25, 0.3) is 0 Å². The zero-order chi connectivity index (χ0) is 14.6. The van der Waals surface area contributed by atoms with Gasteiger partial charge in [0.25, 0.3) is 0 Å². The smallest absolute Gasteiger partial charge is 0.211 e. The third-order valence-electron chi connectivity index (χ3n) is 3.27. The van der Waals surface area contributed by atoms with Crippen molar-refractivity contribution in [2.45, 2.75) is 0 Å². The van der Waals surface area contributed by atoms with Crippen LogP contribution >= 0.6 is 15.9 Å². The summed E-state index contributed by atoms with van der Waals surface area (Å²) in [7, 11) is -3.05. The van der Waals surface area contributed by atoms with Gasteiger partial charge in [0.1, 0.15) is 12.4 Å². The van der Waals surface area contributed by atoms with E-state index in [0.717, 1.165) is 29.9 Å². The van der Waals surface area contributed by atoms with Gasteiger partial charge in [-0.15, -0.1) is 0 Å². The second kappa shape index (κ2) is 6.89. The SMILES string of the molecule is CS(=O)(=O)N1CCN(CCOc2cccc(Br)c2)CC1. The standard InChI is InChI=1S/C13H19BrN2O3S/c1-20(17,18)16-7-5-15(6-8-16)9-10-19-13-4-2-3-12(14)11-13/h2-4,11H,5-10H2,1H3. The number of ether oxygens (including phenoxy) is 1. The van der Waals surface area contributed by atoms with Gasteiger partial charge in [0.15, 0.2) is 0 Å². The minimum atomic E-state index is -3.05. The molecule has 5 nitrogen and oxygen atoms in total. The molecule has 1 saturated heterocycles. The van der Waals surface area contributed by atoms with Crippen molar-refractivity contribution in [1.82, 2.24) is 9.21 Å². The lowest BCUT2D eigenvalue weighted by atomic mass is 10.3. The zero-order valence-electron chi connectivity index (χ0n) is 11.5. The normalized spacial score (nSPS) is 18.1. The average molecular weight is 363 g/mol. The predicted molar refractivity (Wildman–Crippen MR) is 82.5 cm³/mol. The first-order valence-electron chi connectivity index (χ1n) is 6.51. The van der Waals surface area contributed by atoms with Crippen molar-refractivity contribution in [2.24, 2.45) is 0 Å². The largest absolute Gasteiger partial charge is 0.492 e. The second-order valence-corrected chi connectivity index (χ2v) is 7.71. The summed E-state index contributed by atoms with van der Waals surface area (Å²) in [5, 5.41) is 0. The van der Waals surface area contributed by atoms with E-state index in [2.05, 4.69) is 20.8 Å². The van der Waals surface area contributed by atoms with E-state index in [4.69, 9.17) is 4.74 Å².